The third kappa shape index (κ3) is 8.70. The normalized spacial score (nSPS) is 9.70. The fourth-order valence-corrected chi connectivity index (χ4v) is 3.24. The summed E-state index contributed by atoms with van der Waals surface area (Å²) in [6.07, 6.45) is 0. The van der Waals surface area contributed by atoms with Crippen LogP contribution in [0.15, 0.2) is 48.5 Å². The number of esters is 2. The van der Waals surface area contributed by atoms with E-state index in [1.807, 2.05) is 0 Å². The standard InChI is InChI=1S/C19H22NO6P.3CH4/c1-4-23-18(21)14-6-10-16(11-7-14)25-27(3,20)26-17-12-8-15(9-13-17)19(22)24-5-2;;;/h6-13,20H,4-5H2,1-3H3;3*1H4. The van der Waals surface area contributed by atoms with Crippen molar-refractivity contribution >= 4 is 19.4 Å². The summed E-state index contributed by atoms with van der Waals surface area (Å²) in [6.45, 7) is 5.63. The summed E-state index contributed by atoms with van der Waals surface area (Å²) < 4.78 is 21.1. The minimum atomic E-state index is -2.97. The van der Waals surface area contributed by atoms with Crippen LogP contribution in [-0.4, -0.2) is 31.8 Å². The Morgan fingerprint density at radius 1 is 0.733 bits per heavy atom. The molecule has 0 aromatic heterocycles. The number of hydrogen-bond acceptors (Lipinski definition) is 7. The van der Waals surface area contributed by atoms with Crippen molar-refractivity contribution in [3.8, 4) is 11.5 Å². The first-order chi connectivity index (χ1) is 12.8. The molecule has 30 heavy (non-hydrogen) atoms. The van der Waals surface area contributed by atoms with Gasteiger partial charge >= 0.3 is 19.4 Å². The molecule has 0 aliphatic rings. The van der Waals surface area contributed by atoms with E-state index >= 15 is 0 Å². The van der Waals surface area contributed by atoms with Crippen LogP contribution < -0.4 is 9.05 Å². The fourth-order valence-electron chi connectivity index (χ4n) is 2.15. The van der Waals surface area contributed by atoms with E-state index in [2.05, 4.69) is 0 Å². The Morgan fingerprint density at radius 2 is 1.03 bits per heavy atom. The van der Waals surface area contributed by atoms with Gasteiger partial charge in [0.2, 0.25) is 0 Å². The van der Waals surface area contributed by atoms with Gasteiger partial charge in [0.1, 0.15) is 11.5 Å². The van der Waals surface area contributed by atoms with E-state index in [4.69, 9.17) is 23.7 Å². The molecule has 0 saturated carbocycles. The van der Waals surface area contributed by atoms with Crippen LogP contribution in [0, 0.1) is 5.16 Å². The number of hydrogen-bond donors (Lipinski definition) is 1. The van der Waals surface area contributed by atoms with E-state index in [0.717, 1.165) is 0 Å². The molecule has 2 aromatic rings. The lowest BCUT2D eigenvalue weighted by molar-refractivity contribution is 0.0516. The van der Waals surface area contributed by atoms with Crippen molar-refractivity contribution in [3.05, 3.63) is 59.7 Å². The summed E-state index contributed by atoms with van der Waals surface area (Å²) in [4.78, 5) is 23.3. The summed E-state index contributed by atoms with van der Waals surface area (Å²) in [5.41, 5.74) is 0.814. The highest BCUT2D eigenvalue weighted by atomic mass is 31.2. The highest BCUT2D eigenvalue weighted by Gasteiger charge is 2.17. The molecular formula is C22H34NO6P. The Balaban J connectivity index is 0. The first-order valence-corrected chi connectivity index (χ1v) is 10.5. The first kappa shape index (κ1) is 29.4. The van der Waals surface area contributed by atoms with Gasteiger partial charge in [-0.15, -0.1) is 0 Å². The lowest BCUT2D eigenvalue weighted by atomic mass is 10.2. The van der Waals surface area contributed by atoms with Crippen LogP contribution >= 0.6 is 7.51 Å². The molecule has 0 heterocycles. The number of nitrogens with one attached hydrogen (secondary N) is 1. The van der Waals surface area contributed by atoms with Crippen molar-refractivity contribution in [2.24, 2.45) is 0 Å². The van der Waals surface area contributed by atoms with E-state index in [1.54, 1.807) is 69.0 Å². The monoisotopic (exact) mass is 439 g/mol. The maximum atomic E-state index is 11.6. The molecule has 1 N–H and O–H groups in total. The summed E-state index contributed by atoms with van der Waals surface area (Å²) in [6, 6.07) is 12.6. The number of carbonyl (C=O) groups is 2. The Bertz CT molecular complexity index is 766. The second kappa shape index (κ2) is 13.4. The Kier molecular flexibility index (Phi) is 13.2. The van der Waals surface area contributed by atoms with Gasteiger partial charge in [-0.1, -0.05) is 22.3 Å². The molecule has 168 valence electrons. The van der Waals surface area contributed by atoms with Gasteiger partial charge in [0.05, 0.1) is 24.3 Å². The van der Waals surface area contributed by atoms with E-state index in [0.29, 0.717) is 35.8 Å². The quantitative estimate of drug-likeness (QED) is 0.366. The largest absolute Gasteiger partial charge is 0.462 e. The summed E-state index contributed by atoms with van der Waals surface area (Å²) in [5, 5.41) is 8.29. The van der Waals surface area contributed by atoms with Crippen LogP contribution in [0.1, 0.15) is 56.8 Å². The molecule has 0 fully saturated rings. The van der Waals surface area contributed by atoms with Crippen LogP contribution in [0.4, 0.5) is 0 Å². The molecule has 0 radical (unpaired) electrons. The molecule has 0 unspecified atom stereocenters. The van der Waals surface area contributed by atoms with Crippen molar-refractivity contribution in [2.75, 3.05) is 19.9 Å². The molecule has 0 bridgehead atoms. The molecule has 0 amide bonds. The minimum Gasteiger partial charge on any atom is -0.462 e. The molecule has 0 saturated heterocycles. The average Bonchev–Trinajstić information content (AvgIpc) is 2.62. The average molecular weight is 439 g/mol. The lowest BCUT2D eigenvalue weighted by Gasteiger charge is -2.20. The van der Waals surface area contributed by atoms with Gasteiger partial charge in [-0.05, 0) is 62.4 Å². The predicted octanol–water partition coefficient (Wildman–Crippen LogP) is 6.65. The van der Waals surface area contributed by atoms with Gasteiger partial charge < -0.3 is 18.5 Å². The number of rotatable bonds is 8. The van der Waals surface area contributed by atoms with Gasteiger partial charge in [0, 0.05) is 6.66 Å². The van der Waals surface area contributed by atoms with Gasteiger partial charge in [0.25, 0.3) is 0 Å². The molecule has 0 spiro atoms. The number of carbonyl (C=O) groups excluding carboxylic acids is 2. The Labute approximate surface area is 180 Å². The molecule has 0 aliphatic heterocycles. The lowest BCUT2D eigenvalue weighted by Crippen LogP contribution is -2.05. The first-order valence-electron chi connectivity index (χ1n) is 8.40. The molecule has 0 aliphatic carbocycles. The highest BCUT2D eigenvalue weighted by molar-refractivity contribution is 7.55. The smallest absolute Gasteiger partial charge is 0.338 e. The van der Waals surface area contributed by atoms with Crippen LogP contribution in [0.3, 0.4) is 0 Å². The fraction of sp³-hybridized carbons (Fsp3) is 0.364. The van der Waals surface area contributed by atoms with Crippen LogP contribution in [0.2, 0.25) is 0 Å². The van der Waals surface area contributed by atoms with Gasteiger partial charge in [-0.3, -0.25) is 0 Å². The van der Waals surface area contributed by atoms with Crippen molar-refractivity contribution in [1.82, 2.24) is 0 Å². The van der Waals surface area contributed by atoms with E-state index < -0.39 is 19.4 Å². The van der Waals surface area contributed by atoms with Crippen molar-refractivity contribution in [1.29, 1.82) is 5.16 Å². The maximum absolute atomic E-state index is 11.6. The molecule has 2 aromatic carbocycles. The van der Waals surface area contributed by atoms with Crippen molar-refractivity contribution in [3.63, 3.8) is 0 Å². The summed E-state index contributed by atoms with van der Waals surface area (Å²) >= 11 is 0. The zero-order chi connectivity index (χ0) is 19.9. The second-order valence-corrected chi connectivity index (χ2v) is 7.58. The topological polar surface area (TPSA) is 94.9 Å². The van der Waals surface area contributed by atoms with Crippen molar-refractivity contribution in [2.45, 2.75) is 36.1 Å². The summed E-state index contributed by atoms with van der Waals surface area (Å²) in [7, 11) is -2.97. The van der Waals surface area contributed by atoms with Gasteiger partial charge in [-0.25, -0.2) is 14.8 Å². The van der Waals surface area contributed by atoms with Crippen molar-refractivity contribution < 1.29 is 28.1 Å². The minimum absolute atomic E-state index is 0. The number of benzene rings is 2. The van der Waals surface area contributed by atoms with E-state index in [-0.39, 0.29) is 22.3 Å². The van der Waals surface area contributed by atoms with Gasteiger partial charge in [-0.2, -0.15) is 0 Å². The Hall–Kier alpha value is -2.79. The number of ether oxygens (including phenoxy) is 2. The molecule has 0 atom stereocenters. The molecule has 8 heteroatoms. The zero-order valence-electron chi connectivity index (χ0n) is 15.4. The third-order valence-corrected chi connectivity index (χ3v) is 4.41. The zero-order valence-corrected chi connectivity index (χ0v) is 16.3. The maximum Gasteiger partial charge on any atom is 0.338 e. The Morgan fingerprint density at radius 3 is 1.30 bits per heavy atom. The van der Waals surface area contributed by atoms with Crippen LogP contribution in [0.5, 0.6) is 11.5 Å². The molecular weight excluding hydrogens is 405 g/mol. The van der Waals surface area contributed by atoms with Gasteiger partial charge in [0.15, 0.2) is 0 Å². The third-order valence-electron chi connectivity index (χ3n) is 3.29. The predicted molar refractivity (Wildman–Crippen MR) is 122 cm³/mol. The molecule has 2 rings (SSSR count). The van der Waals surface area contributed by atoms with E-state index in [9.17, 15) is 9.59 Å². The SMILES string of the molecule is C.C.C.CCOC(=O)c1ccc(OP(C)(=N)Oc2ccc(C(=O)OCC)cc2)cc1. The van der Waals surface area contributed by atoms with Crippen LogP contribution in [-0.2, 0) is 9.47 Å². The highest BCUT2D eigenvalue weighted by Crippen LogP contribution is 2.45. The van der Waals surface area contributed by atoms with E-state index in [1.165, 1.54) is 0 Å². The second-order valence-electron chi connectivity index (χ2n) is 5.52. The molecule has 7 nitrogen and oxygen atoms in total. The van der Waals surface area contributed by atoms with Crippen LogP contribution in [0.25, 0.3) is 0 Å². The summed E-state index contributed by atoms with van der Waals surface area (Å²) in [5.74, 6) is 0.00453.